The molecular weight excluding hydrogens is 1600 g/mol. The number of hydrogen-bond donors (Lipinski definition) is 10. The van der Waals surface area contributed by atoms with Crippen molar-refractivity contribution in [2.75, 3.05) is 62.6 Å². The van der Waals surface area contributed by atoms with E-state index in [1.54, 1.807) is 82.4 Å². The minimum Gasteiger partial charge on any atom is -0.450 e. The third-order valence-corrected chi connectivity index (χ3v) is 20.0. The fraction of sp³-hybridized carbons (Fsp3) is 0.250. The predicted molar refractivity (Wildman–Crippen MR) is 512 cm³/mol. The topological polar surface area (TPSA) is 327 Å². The van der Waals surface area contributed by atoms with E-state index in [9.17, 15) is 45.6 Å². The number of sulfonamides is 2. The van der Waals surface area contributed by atoms with Gasteiger partial charge in [-0.25, -0.2) is 31.1 Å². The highest BCUT2D eigenvalue weighted by Crippen LogP contribution is 2.18. The highest BCUT2D eigenvalue weighted by molar-refractivity contribution is 7.93. The molecule has 11 N–H and O–H groups in total. The summed E-state index contributed by atoms with van der Waals surface area (Å²) in [6, 6.07) is 83.5. The Labute approximate surface area is 735 Å². The van der Waals surface area contributed by atoms with Crippen molar-refractivity contribution < 1.29 is 50.3 Å². The molecule has 124 heavy (non-hydrogen) atoms. The smallest absolute Gasteiger partial charge is 0.411 e. The van der Waals surface area contributed by atoms with Crippen LogP contribution >= 0.6 is 0 Å². The van der Waals surface area contributed by atoms with Crippen LogP contribution in [0.15, 0.2) is 291 Å². The standard InChI is InChI=1S/C16H17NO.C15H15NO.C12H15NO2S.C11H14N2O.2C11H15NO.C10H13NO2.C8H11NO2S.C6H8N2/c1-13-7-10-15(11-8-13)17-16(18)12-9-14-5-3-2-4-6-14;1-12-7-9-14(10-8-12)16-15(17)11-13-5-3-2-4-6-13;1-4-5-11-6-8-12(9-7-11)13-16(14,15)10(2)3;1-3-7-12-11(14)13-10-6-4-5-9(2)8-10;1-8(2)11(13)12-10-6-4-9(3)5-7-10;1-3-4-11(13)12-10-7-5-9(2)6-8-10;1-3-13-10(12)11-9-6-4-8(2)5-7-9;1-7-4-3-5-8(6-7)12(10,11)9-2;1-5-2-3-6(7)4-8-5/h2-8,10-11H,9,12H2,1H3,(H,17,18);2-10H,11H2,1H3,(H,16,17);6-10,13H,1-3H3;3-6,8H,1,7H2,2H3,(H2,12,13,14);4-8H,1-3H3,(H,12,13);5-8H,3-4H2,1-2H3,(H,12,13);4-7H,3H2,1-2H3,(H,11,12);3-6,9H,1-2H3;2-4H,7H2,1H3. The van der Waals surface area contributed by atoms with Crippen LogP contribution in [0.25, 0.3) is 0 Å². The lowest BCUT2D eigenvalue weighted by Crippen LogP contribution is -2.28. The molecule has 0 aliphatic rings. The molecule has 11 aromatic rings. The second-order valence-corrected chi connectivity index (χ2v) is 32.9. The van der Waals surface area contributed by atoms with Crippen molar-refractivity contribution in [3.63, 3.8) is 0 Å². The average molecular weight is 1720 g/mol. The number of amides is 7. The monoisotopic (exact) mass is 1720 g/mol. The summed E-state index contributed by atoms with van der Waals surface area (Å²) in [7, 11) is -5.13. The van der Waals surface area contributed by atoms with E-state index in [1.165, 1.54) is 34.9 Å². The Hall–Kier alpha value is -13.5. The first-order valence-electron chi connectivity index (χ1n) is 40.5. The van der Waals surface area contributed by atoms with Crippen LogP contribution in [0.1, 0.15) is 129 Å². The van der Waals surface area contributed by atoms with Crippen molar-refractivity contribution in [3.05, 3.63) is 347 Å². The van der Waals surface area contributed by atoms with Crippen molar-refractivity contribution in [1.29, 1.82) is 0 Å². The van der Waals surface area contributed by atoms with Crippen LogP contribution in [-0.4, -0.2) is 83.0 Å². The summed E-state index contributed by atoms with van der Waals surface area (Å²) in [5.41, 5.74) is 23.7. The van der Waals surface area contributed by atoms with Gasteiger partial charge in [-0.2, -0.15) is 0 Å². The van der Waals surface area contributed by atoms with Gasteiger partial charge in [-0.15, -0.1) is 12.5 Å². The second kappa shape index (κ2) is 58.5. The van der Waals surface area contributed by atoms with E-state index in [1.807, 2.05) is 301 Å². The van der Waals surface area contributed by atoms with E-state index in [4.69, 9.17) is 10.5 Å². The van der Waals surface area contributed by atoms with Gasteiger partial charge in [0.1, 0.15) is 0 Å². The molecule has 10 aromatic carbocycles. The number of aryl methyl sites for hydroxylation is 9. The van der Waals surface area contributed by atoms with Crippen LogP contribution in [0.3, 0.4) is 0 Å². The summed E-state index contributed by atoms with van der Waals surface area (Å²) in [6.45, 7) is 32.8. The van der Waals surface area contributed by atoms with Gasteiger partial charge in [-0.1, -0.05) is 206 Å². The van der Waals surface area contributed by atoms with E-state index in [0.717, 1.165) is 86.2 Å². The summed E-state index contributed by atoms with van der Waals surface area (Å²) < 4.78 is 55.1. The molecule has 0 atom stereocenters. The molecule has 0 spiro atoms. The van der Waals surface area contributed by atoms with Gasteiger partial charge in [0.25, 0.3) is 0 Å². The number of benzene rings is 10. The van der Waals surface area contributed by atoms with Gasteiger partial charge in [0.15, 0.2) is 0 Å². The number of carbonyl (C=O) groups is 6. The average Bonchev–Trinajstić information content (AvgIpc) is 0.847. The molecule has 0 saturated heterocycles. The van der Waals surface area contributed by atoms with Crippen molar-refractivity contribution >= 4 is 101 Å². The van der Waals surface area contributed by atoms with Gasteiger partial charge in [0.05, 0.1) is 35.1 Å². The highest BCUT2D eigenvalue weighted by Gasteiger charge is 2.16. The number of hydrogen-bond acceptors (Lipinski definition) is 13. The maximum absolute atomic E-state index is 11.8. The Bertz CT molecular complexity index is 5220. The zero-order valence-electron chi connectivity index (χ0n) is 74.2. The summed E-state index contributed by atoms with van der Waals surface area (Å²) in [5, 5.41) is 19.0. The third-order valence-electron chi connectivity index (χ3n) is 16.8. The first-order chi connectivity index (χ1) is 59.0. The SMILES string of the molecule is C=CCNC(=O)Nc1cccc(C)c1.CC#Cc1ccc(NS(=O)(=O)C(C)C)cc1.CCCC(=O)Nc1ccc(C)cc1.CCOC(=O)Nc1ccc(C)cc1.CNS(=O)(=O)c1cccc(C)c1.Cc1ccc(N)cn1.Cc1ccc(NC(=O)C(C)C)cc1.Cc1ccc(NC(=O)CCc2ccccc2)cc1.Cc1ccc(NC(=O)Cc2ccccc2)cc1. The lowest BCUT2D eigenvalue weighted by molar-refractivity contribution is -0.119. The molecule has 22 nitrogen and oxygen atoms in total. The molecular formula is C100H123N11O11S2. The first-order valence-corrected chi connectivity index (χ1v) is 43.6. The lowest BCUT2D eigenvalue weighted by atomic mass is 10.1. The molecule has 0 fully saturated rings. The van der Waals surface area contributed by atoms with Crippen LogP contribution in [0, 0.1) is 73.1 Å². The number of aromatic nitrogens is 1. The van der Waals surface area contributed by atoms with E-state index in [2.05, 4.69) is 70.1 Å². The van der Waals surface area contributed by atoms with Crippen LogP contribution in [0.4, 0.5) is 55.1 Å². The molecule has 24 heteroatoms. The van der Waals surface area contributed by atoms with Crippen molar-refractivity contribution in [2.45, 2.75) is 146 Å². The molecule has 0 saturated carbocycles. The number of rotatable bonds is 22. The Balaban J connectivity index is 0.000000362. The molecule has 1 heterocycles. The molecule has 0 aliphatic heterocycles. The van der Waals surface area contributed by atoms with Crippen LogP contribution in [-0.2, 0) is 56.8 Å². The highest BCUT2D eigenvalue weighted by atomic mass is 32.2. The maximum atomic E-state index is 11.8. The lowest BCUT2D eigenvalue weighted by Gasteiger charge is -2.10. The Morgan fingerprint density at radius 1 is 0.468 bits per heavy atom. The number of nitrogen functional groups attached to an aromatic ring is 1. The molecule has 11 rings (SSSR count). The van der Waals surface area contributed by atoms with E-state index in [-0.39, 0.29) is 35.6 Å². The minimum absolute atomic E-state index is 0.0139. The number of urea groups is 1. The van der Waals surface area contributed by atoms with E-state index < -0.39 is 31.4 Å². The van der Waals surface area contributed by atoms with Crippen molar-refractivity contribution in [2.24, 2.45) is 5.92 Å². The minimum atomic E-state index is -3.27. The van der Waals surface area contributed by atoms with Gasteiger partial charge in [-0.05, 0) is 247 Å². The number of anilines is 8. The molecule has 0 radical (unpaired) electrons. The Morgan fingerprint density at radius 2 is 0.903 bits per heavy atom. The number of nitrogens with one attached hydrogen (secondary N) is 9. The summed E-state index contributed by atoms with van der Waals surface area (Å²) in [6.07, 6.45) is 6.05. The molecule has 7 amide bonds. The van der Waals surface area contributed by atoms with Crippen molar-refractivity contribution in [1.82, 2.24) is 15.0 Å². The van der Waals surface area contributed by atoms with E-state index >= 15 is 0 Å². The molecule has 1 aromatic heterocycles. The van der Waals surface area contributed by atoms with Gasteiger partial charge in [0.2, 0.25) is 43.7 Å². The van der Waals surface area contributed by atoms with Gasteiger partial charge in [0, 0.05) is 76.4 Å². The normalized spacial score (nSPS) is 10.0. The first kappa shape index (κ1) is 105. The number of carbonyl (C=O) groups excluding carboxylic acids is 6. The molecule has 0 aliphatic carbocycles. The van der Waals surface area contributed by atoms with Crippen LogP contribution in [0.5, 0.6) is 0 Å². The van der Waals surface area contributed by atoms with Gasteiger partial charge < -0.3 is 42.4 Å². The van der Waals surface area contributed by atoms with Gasteiger partial charge >= 0.3 is 12.1 Å². The largest absolute Gasteiger partial charge is 0.450 e. The summed E-state index contributed by atoms with van der Waals surface area (Å²) in [5.74, 6) is 5.92. The fourth-order valence-electron chi connectivity index (χ4n) is 9.81. The fourth-order valence-corrected chi connectivity index (χ4v) is 11.3. The zero-order valence-corrected chi connectivity index (χ0v) is 75.8. The Kier molecular flexibility index (Phi) is 49.4. The number of nitrogens with two attached hydrogens (primary N) is 1. The number of ether oxygens (including phenoxy) is 1. The molecule has 0 unspecified atom stereocenters. The number of pyridine rings is 1. The maximum Gasteiger partial charge on any atom is 0.411 e. The molecule has 0 bridgehead atoms. The van der Waals surface area contributed by atoms with Crippen LogP contribution < -0.4 is 52.4 Å². The molecule has 656 valence electrons. The summed E-state index contributed by atoms with van der Waals surface area (Å²) in [4.78, 5) is 72.4. The Morgan fingerprint density at radius 3 is 1.31 bits per heavy atom. The van der Waals surface area contributed by atoms with Crippen LogP contribution in [0.2, 0.25) is 0 Å². The van der Waals surface area contributed by atoms with E-state index in [0.29, 0.717) is 43.0 Å². The second-order valence-electron chi connectivity index (χ2n) is 28.8. The quantitative estimate of drug-likeness (QED) is 0.0223. The summed E-state index contributed by atoms with van der Waals surface area (Å²) >= 11 is 0. The number of nitrogens with zero attached hydrogens (tertiary/aromatic N) is 1. The van der Waals surface area contributed by atoms with Crippen molar-refractivity contribution in [3.8, 4) is 11.8 Å². The predicted octanol–water partition coefficient (Wildman–Crippen LogP) is 21.0. The third kappa shape index (κ3) is 47.5. The van der Waals surface area contributed by atoms with Gasteiger partial charge in [-0.3, -0.25) is 34.2 Å². The zero-order chi connectivity index (χ0) is 91.8.